The molecule has 1 N–H and O–H groups in total. The number of alkyl carbamates (subject to hydrolysis) is 1. The Morgan fingerprint density at radius 1 is 1.04 bits per heavy atom. The monoisotopic (exact) mass is 323 g/mol. The number of hydrogen-bond donors (Lipinski definition) is 1. The van der Waals surface area contributed by atoms with E-state index >= 15 is 0 Å². The summed E-state index contributed by atoms with van der Waals surface area (Å²) in [5.41, 5.74) is 1.75. The van der Waals surface area contributed by atoms with Crippen LogP contribution in [0.25, 0.3) is 6.08 Å². The highest BCUT2D eigenvalue weighted by Gasteiger charge is 2.18. The Bertz CT molecular complexity index is 657. The topological polar surface area (TPSA) is 38.3 Å². The van der Waals surface area contributed by atoms with Crippen molar-refractivity contribution in [1.29, 1.82) is 0 Å². The zero-order chi connectivity index (χ0) is 17.4. The van der Waals surface area contributed by atoms with Gasteiger partial charge in [-0.2, -0.15) is 0 Å². The predicted octanol–water partition coefficient (Wildman–Crippen LogP) is 4.84. The lowest BCUT2D eigenvalue weighted by Crippen LogP contribution is -2.39. The van der Waals surface area contributed by atoms with Crippen molar-refractivity contribution in [2.75, 3.05) is 0 Å². The average molecular weight is 323 g/mol. The van der Waals surface area contributed by atoms with Crippen LogP contribution in [-0.4, -0.2) is 17.7 Å². The van der Waals surface area contributed by atoms with E-state index in [0.717, 1.165) is 11.1 Å². The minimum atomic E-state index is -0.509. The highest BCUT2D eigenvalue weighted by Crippen LogP contribution is 2.10. The molecule has 0 aliphatic carbocycles. The van der Waals surface area contributed by atoms with Gasteiger partial charge in [-0.25, -0.2) is 4.79 Å². The average Bonchev–Trinajstić information content (AvgIpc) is 2.53. The number of benzene rings is 2. The molecule has 126 valence electrons. The van der Waals surface area contributed by atoms with Crippen molar-refractivity contribution >= 4 is 12.2 Å². The molecule has 0 spiro atoms. The molecule has 24 heavy (non-hydrogen) atoms. The molecule has 1 atom stereocenters. The van der Waals surface area contributed by atoms with Crippen LogP contribution >= 0.6 is 0 Å². The molecule has 0 aromatic heterocycles. The fourth-order valence-corrected chi connectivity index (χ4v) is 2.29. The summed E-state index contributed by atoms with van der Waals surface area (Å²) in [7, 11) is 0. The lowest BCUT2D eigenvalue weighted by atomic mass is 10.0. The minimum Gasteiger partial charge on any atom is -0.444 e. The van der Waals surface area contributed by atoms with Crippen molar-refractivity contribution in [2.45, 2.75) is 38.8 Å². The fraction of sp³-hybridized carbons (Fsp3) is 0.286. The molecule has 0 saturated heterocycles. The fourth-order valence-electron chi connectivity index (χ4n) is 2.29. The normalized spacial score (nSPS) is 12.8. The van der Waals surface area contributed by atoms with Crippen LogP contribution in [0.15, 0.2) is 66.7 Å². The Labute approximate surface area is 144 Å². The molecule has 0 aliphatic heterocycles. The lowest BCUT2D eigenvalue weighted by Gasteiger charge is -2.22. The van der Waals surface area contributed by atoms with E-state index in [4.69, 9.17) is 4.74 Å². The third kappa shape index (κ3) is 6.69. The van der Waals surface area contributed by atoms with Crippen LogP contribution in [0.2, 0.25) is 0 Å². The first kappa shape index (κ1) is 17.8. The largest absolute Gasteiger partial charge is 0.444 e. The zero-order valence-electron chi connectivity index (χ0n) is 14.5. The molecule has 1 amide bonds. The molecule has 0 unspecified atom stereocenters. The summed E-state index contributed by atoms with van der Waals surface area (Å²) in [4.78, 5) is 12.1. The van der Waals surface area contributed by atoms with Crippen molar-refractivity contribution in [3.63, 3.8) is 0 Å². The molecule has 2 aromatic rings. The van der Waals surface area contributed by atoms with Crippen LogP contribution in [0.5, 0.6) is 0 Å². The number of amides is 1. The van der Waals surface area contributed by atoms with Crippen molar-refractivity contribution < 1.29 is 9.53 Å². The molecule has 0 heterocycles. The predicted molar refractivity (Wildman–Crippen MR) is 98.8 cm³/mol. The summed E-state index contributed by atoms with van der Waals surface area (Å²) in [5.74, 6) is 0. The maximum Gasteiger partial charge on any atom is 0.408 e. The number of nitrogens with one attached hydrogen (secondary N) is 1. The van der Waals surface area contributed by atoms with Gasteiger partial charge in [-0.05, 0) is 38.3 Å². The number of carbonyl (C=O) groups is 1. The standard InChI is InChI=1S/C21H25NO2/c1-21(2,3)24-20(23)22-19(16-18-12-8-5-9-13-18)15-14-17-10-6-4-7-11-17/h4-15,19H,16H2,1-3H3,(H,22,23)/b15-14+/t19-/m1/s1. The Balaban J connectivity index is 2.09. The van der Waals surface area contributed by atoms with Crippen LogP contribution < -0.4 is 5.32 Å². The SMILES string of the molecule is CC(C)(C)OC(=O)N[C@H](/C=C/c1ccccc1)Cc1ccccc1. The summed E-state index contributed by atoms with van der Waals surface area (Å²) in [6.45, 7) is 5.58. The molecule has 0 radical (unpaired) electrons. The van der Waals surface area contributed by atoms with E-state index in [0.29, 0.717) is 6.42 Å². The van der Waals surface area contributed by atoms with Gasteiger partial charge in [-0.15, -0.1) is 0 Å². The van der Waals surface area contributed by atoms with Gasteiger partial charge in [0.1, 0.15) is 5.60 Å². The van der Waals surface area contributed by atoms with Gasteiger partial charge < -0.3 is 10.1 Å². The van der Waals surface area contributed by atoms with Crippen LogP contribution in [0.1, 0.15) is 31.9 Å². The van der Waals surface area contributed by atoms with Crippen LogP contribution in [0.4, 0.5) is 4.79 Å². The molecule has 0 aliphatic rings. The van der Waals surface area contributed by atoms with Crippen LogP contribution in [0.3, 0.4) is 0 Å². The van der Waals surface area contributed by atoms with E-state index in [1.807, 2.05) is 81.5 Å². The summed E-state index contributed by atoms with van der Waals surface area (Å²) < 4.78 is 5.37. The van der Waals surface area contributed by atoms with Gasteiger partial charge in [0.2, 0.25) is 0 Å². The Kier molecular flexibility index (Phi) is 6.19. The molecular formula is C21H25NO2. The van der Waals surface area contributed by atoms with Crippen molar-refractivity contribution in [1.82, 2.24) is 5.32 Å². The first-order chi connectivity index (χ1) is 11.4. The third-order valence-electron chi connectivity index (χ3n) is 3.32. The molecule has 0 fully saturated rings. The van der Waals surface area contributed by atoms with E-state index in [2.05, 4.69) is 17.4 Å². The molecule has 0 saturated carbocycles. The van der Waals surface area contributed by atoms with E-state index in [-0.39, 0.29) is 6.04 Å². The summed E-state index contributed by atoms with van der Waals surface area (Å²) in [6, 6.07) is 20.0. The lowest BCUT2D eigenvalue weighted by molar-refractivity contribution is 0.0514. The van der Waals surface area contributed by atoms with Gasteiger partial charge in [0.25, 0.3) is 0 Å². The zero-order valence-corrected chi connectivity index (χ0v) is 14.5. The Morgan fingerprint density at radius 2 is 1.62 bits per heavy atom. The van der Waals surface area contributed by atoms with Gasteiger partial charge in [-0.3, -0.25) is 0 Å². The molecular weight excluding hydrogens is 298 g/mol. The number of ether oxygens (including phenoxy) is 1. The smallest absolute Gasteiger partial charge is 0.408 e. The number of hydrogen-bond acceptors (Lipinski definition) is 2. The Morgan fingerprint density at radius 3 is 2.21 bits per heavy atom. The van der Waals surface area contributed by atoms with Crippen molar-refractivity contribution in [2.24, 2.45) is 0 Å². The van der Waals surface area contributed by atoms with E-state index in [1.165, 1.54) is 0 Å². The second-order valence-corrected chi connectivity index (χ2v) is 6.71. The van der Waals surface area contributed by atoms with Crippen molar-refractivity contribution in [3.8, 4) is 0 Å². The first-order valence-corrected chi connectivity index (χ1v) is 8.19. The number of carbonyl (C=O) groups excluding carboxylic acids is 1. The molecule has 2 rings (SSSR count). The molecule has 3 nitrogen and oxygen atoms in total. The van der Waals surface area contributed by atoms with E-state index in [9.17, 15) is 4.79 Å². The minimum absolute atomic E-state index is 0.137. The van der Waals surface area contributed by atoms with Gasteiger partial charge in [0.05, 0.1) is 6.04 Å². The maximum atomic E-state index is 12.1. The molecule has 0 bridgehead atoms. The second-order valence-electron chi connectivity index (χ2n) is 6.71. The second kappa shape index (κ2) is 8.34. The number of rotatable bonds is 5. The summed E-state index contributed by atoms with van der Waals surface area (Å²) in [5, 5.41) is 2.94. The summed E-state index contributed by atoms with van der Waals surface area (Å²) in [6.07, 6.45) is 4.34. The first-order valence-electron chi connectivity index (χ1n) is 8.19. The van der Waals surface area contributed by atoms with Crippen LogP contribution in [0, 0.1) is 0 Å². The Hall–Kier alpha value is -2.55. The maximum absolute atomic E-state index is 12.1. The van der Waals surface area contributed by atoms with Gasteiger partial charge in [-0.1, -0.05) is 72.8 Å². The van der Waals surface area contributed by atoms with Gasteiger partial charge >= 0.3 is 6.09 Å². The summed E-state index contributed by atoms with van der Waals surface area (Å²) >= 11 is 0. The van der Waals surface area contributed by atoms with E-state index in [1.54, 1.807) is 0 Å². The van der Waals surface area contributed by atoms with Crippen LogP contribution in [-0.2, 0) is 11.2 Å². The van der Waals surface area contributed by atoms with Gasteiger partial charge in [0.15, 0.2) is 0 Å². The van der Waals surface area contributed by atoms with E-state index < -0.39 is 11.7 Å². The van der Waals surface area contributed by atoms with Gasteiger partial charge in [0, 0.05) is 0 Å². The third-order valence-corrected chi connectivity index (χ3v) is 3.32. The molecule has 3 heteroatoms. The van der Waals surface area contributed by atoms with Crippen molar-refractivity contribution in [3.05, 3.63) is 77.9 Å². The molecule has 2 aromatic carbocycles. The highest BCUT2D eigenvalue weighted by molar-refractivity contribution is 5.69. The highest BCUT2D eigenvalue weighted by atomic mass is 16.6. The quantitative estimate of drug-likeness (QED) is 0.855.